The minimum absolute atomic E-state index is 0.220. The van der Waals surface area contributed by atoms with Crippen LogP contribution < -0.4 is 5.32 Å². The Balaban J connectivity index is 2.04. The van der Waals surface area contributed by atoms with Crippen LogP contribution in [0.5, 0.6) is 0 Å². The van der Waals surface area contributed by atoms with Crippen molar-refractivity contribution in [2.24, 2.45) is 0 Å². The number of aromatic nitrogens is 2. The average Bonchev–Trinajstić information content (AvgIpc) is 2.81. The number of nitrogens with zero attached hydrogens (tertiary/aromatic N) is 2. The molecule has 0 unspecified atom stereocenters. The van der Waals surface area contributed by atoms with E-state index in [0.29, 0.717) is 17.4 Å². The number of aryl methyl sites for hydroxylation is 2. The number of furan rings is 1. The molecule has 0 aliphatic heterocycles. The molecule has 0 aromatic carbocycles. The van der Waals surface area contributed by atoms with Gasteiger partial charge in [0.15, 0.2) is 5.16 Å². The van der Waals surface area contributed by atoms with Gasteiger partial charge in [-0.05, 0) is 37.8 Å². The Hall–Kier alpha value is -1.82. The highest BCUT2D eigenvalue weighted by Crippen LogP contribution is 2.13. The van der Waals surface area contributed by atoms with Crippen LogP contribution in [0.2, 0.25) is 0 Å². The molecule has 0 radical (unpaired) electrons. The smallest absolute Gasteiger partial charge is 0.270 e. The molecule has 0 spiro atoms. The number of amides is 1. The molecule has 6 heteroatoms. The predicted octanol–water partition coefficient (Wildman–Crippen LogP) is 2.73. The Labute approximate surface area is 122 Å². The van der Waals surface area contributed by atoms with Crippen LogP contribution in [0.1, 0.15) is 34.6 Å². The minimum Gasteiger partial charge on any atom is -0.465 e. The second-order valence-electron chi connectivity index (χ2n) is 4.31. The van der Waals surface area contributed by atoms with Crippen molar-refractivity contribution >= 4 is 17.7 Å². The van der Waals surface area contributed by atoms with Gasteiger partial charge in [0, 0.05) is 5.69 Å². The van der Waals surface area contributed by atoms with Gasteiger partial charge < -0.3 is 9.73 Å². The summed E-state index contributed by atoms with van der Waals surface area (Å²) in [7, 11) is 0. The van der Waals surface area contributed by atoms with Crippen molar-refractivity contribution in [2.45, 2.75) is 32.5 Å². The Kier molecular flexibility index (Phi) is 4.79. The second-order valence-corrected chi connectivity index (χ2v) is 5.54. The van der Waals surface area contributed by atoms with Gasteiger partial charge in [-0.1, -0.05) is 18.7 Å². The van der Waals surface area contributed by atoms with Crippen LogP contribution in [0.25, 0.3) is 0 Å². The van der Waals surface area contributed by atoms with Crippen LogP contribution in [0.15, 0.2) is 27.8 Å². The highest BCUT2D eigenvalue weighted by molar-refractivity contribution is 7.99. The van der Waals surface area contributed by atoms with Gasteiger partial charge in [-0.15, -0.1) is 0 Å². The van der Waals surface area contributed by atoms with Gasteiger partial charge in [-0.3, -0.25) is 4.79 Å². The third-order valence-corrected chi connectivity index (χ3v) is 3.29. The molecule has 2 aromatic heterocycles. The Bertz CT molecular complexity index is 610. The summed E-state index contributed by atoms with van der Waals surface area (Å²) < 4.78 is 5.40. The Morgan fingerprint density at radius 3 is 2.80 bits per heavy atom. The normalized spacial score (nSPS) is 10.6. The number of carbonyl (C=O) groups excluding carboxylic acids is 1. The van der Waals surface area contributed by atoms with E-state index < -0.39 is 0 Å². The van der Waals surface area contributed by atoms with Gasteiger partial charge in [-0.25, -0.2) is 9.97 Å². The predicted molar refractivity (Wildman–Crippen MR) is 77.8 cm³/mol. The molecule has 0 bridgehead atoms. The minimum atomic E-state index is -0.220. The number of hydrogen-bond acceptors (Lipinski definition) is 5. The number of thioether (sulfide) groups is 1. The largest absolute Gasteiger partial charge is 0.465 e. The maximum Gasteiger partial charge on any atom is 0.270 e. The lowest BCUT2D eigenvalue weighted by Crippen LogP contribution is -2.24. The quantitative estimate of drug-likeness (QED) is 0.677. The second kappa shape index (κ2) is 6.56. The van der Waals surface area contributed by atoms with E-state index in [-0.39, 0.29) is 5.91 Å². The van der Waals surface area contributed by atoms with E-state index in [0.717, 1.165) is 23.0 Å². The summed E-state index contributed by atoms with van der Waals surface area (Å²) >= 11 is 1.52. The lowest BCUT2D eigenvalue weighted by atomic mass is 10.3. The molecule has 2 rings (SSSR count). The number of nitrogens with one attached hydrogen (secondary N) is 1. The molecule has 5 nitrogen and oxygen atoms in total. The van der Waals surface area contributed by atoms with Gasteiger partial charge in [0.2, 0.25) is 0 Å². The third-order valence-electron chi connectivity index (χ3n) is 2.56. The van der Waals surface area contributed by atoms with Crippen molar-refractivity contribution in [3.05, 3.63) is 41.1 Å². The number of rotatable bonds is 5. The van der Waals surface area contributed by atoms with Crippen molar-refractivity contribution in [1.29, 1.82) is 0 Å². The van der Waals surface area contributed by atoms with E-state index in [1.165, 1.54) is 11.8 Å². The van der Waals surface area contributed by atoms with Crippen LogP contribution in [0.4, 0.5) is 0 Å². The fourth-order valence-electron chi connectivity index (χ4n) is 1.69. The Morgan fingerprint density at radius 1 is 1.35 bits per heavy atom. The molecule has 1 amide bonds. The fraction of sp³-hybridized carbons (Fsp3) is 0.357. The summed E-state index contributed by atoms with van der Waals surface area (Å²) in [5.41, 5.74) is 1.17. The summed E-state index contributed by atoms with van der Waals surface area (Å²) in [5, 5.41) is 3.42. The van der Waals surface area contributed by atoms with Crippen molar-refractivity contribution in [2.75, 3.05) is 5.75 Å². The highest BCUT2D eigenvalue weighted by Gasteiger charge is 2.11. The first-order chi connectivity index (χ1) is 9.58. The van der Waals surface area contributed by atoms with Crippen LogP contribution in [-0.4, -0.2) is 21.6 Å². The van der Waals surface area contributed by atoms with Gasteiger partial charge in [0.05, 0.1) is 6.54 Å². The fourth-order valence-corrected chi connectivity index (χ4v) is 2.32. The zero-order chi connectivity index (χ0) is 14.5. The lowest BCUT2D eigenvalue weighted by Gasteiger charge is -2.05. The zero-order valence-electron chi connectivity index (χ0n) is 11.8. The molecule has 0 fully saturated rings. The van der Waals surface area contributed by atoms with E-state index in [4.69, 9.17) is 4.42 Å². The molecule has 1 N–H and O–H groups in total. The molecule has 2 heterocycles. The summed E-state index contributed by atoms with van der Waals surface area (Å²) in [6, 6.07) is 5.40. The molecule has 106 valence electrons. The monoisotopic (exact) mass is 291 g/mol. The molecule has 0 aliphatic rings. The van der Waals surface area contributed by atoms with Gasteiger partial charge >= 0.3 is 0 Å². The van der Waals surface area contributed by atoms with E-state index in [2.05, 4.69) is 15.3 Å². The van der Waals surface area contributed by atoms with Gasteiger partial charge in [-0.2, -0.15) is 0 Å². The first kappa shape index (κ1) is 14.6. The maximum atomic E-state index is 12.1. The molecule has 20 heavy (non-hydrogen) atoms. The molecule has 0 saturated heterocycles. The summed E-state index contributed by atoms with van der Waals surface area (Å²) in [6.07, 6.45) is 0. The van der Waals surface area contributed by atoms with Crippen molar-refractivity contribution in [1.82, 2.24) is 15.3 Å². The first-order valence-electron chi connectivity index (χ1n) is 6.40. The molecule has 0 saturated carbocycles. The number of carbonyl (C=O) groups is 1. The summed E-state index contributed by atoms with van der Waals surface area (Å²) in [4.78, 5) is 20.6. The Morgan fingerprint density at radius 2 is 2.15 bits per heavy atom. The van der Waals surface area contributed by atoms with E-state index in [1.807, 2.05) is 32.9 Å². The maximum absolute atomic E-state index is 12.1. The topological polar surface area (TPSA) is 68.0 Å². The highest BCUT2D eigenvalue weighted by atomic mass is 32.2. The molecule has 0 aliphatic carbocycles. The summed E-state index contributed by atoms with van der Waals surface area (Å²) in [5.74, 6) is 2.21. The molecular weight excluding hydrogens is 274 g/mol. The number of hydrogen-bond donors (Lipinski definition) is 1. The van der Waals surface area contributed by atoms with E-state index >= 15 is 0 Å². The standard InChI is InChI=1S/C14H17N3O2S/c1-4-20-14-16-9(2)7-12(17-14)13(18)15-8-11-6-5-10(3)19-11/h5-7H,4,8H2,1-3H3,(H,15,18). The van der Waals surface area contributed by atoms with Crippen LogP contribution in [0.3, 0.4) is 0 Å². The lowest BCUT2D eigenvalue weighted by molar-refractivity contribution is 0.0941. The van der Waals surface area contributed by atoms with E-state index in [1.54, 1.807) is 6.07 Å². The van der Waals surface area contributed by atoms with Crippen LogP contribution >= 0.6 is 11.8 Å². The molecule has 0 atom stereocenters. The molecular formula is C14H17N3O2S. The van der Waals surface area contributed by atoms with E-state index in [9.17, 15) is 4.79 Å². The first-order valence-corrected chi connectivity index (χ1v) is 7.39. The zero-order valence-corrected chi connectivity index (χ0v) is 12.6. The van der Waals surface area contributed by atoms with Crippen molar-refractivity contribution in [3.63, 3.8) is 0 Å². The third kappa shape index (κ3) is 3.84. The van der Waals surface area contributed by atoms with Gasteiger partial charge in [0.1, 0.15) is 17.2 Å². The SMILES string of the molecule is CCSc1nc(C)cc(C(=O)NCc2ccc(C)o2)n1. The molecule has 2 aromatic rings. The average molecular weight is 291 g/mol. The van der Waals surface area contributed by atoms with Crippen LogP contribution in [0, 0.1) is 13.8 Å². The van der Waals surface area contributed by atoms with Crippen LogP contribution in [-0.2, 0) is 6.54 Å². The van der Waals surface area contributed by atoms with Gasteiger partial charge in [0.25, 0.3) is 5.91 Å². The van der Waals surface area contributed by atoms with Crippen molar-refractivity contribution < 1.29 is 9.21 Å². The summed E-state index contributed by atoms with van der Waals surface area (Å²) in [6.45, 7) is 6.10. The van der Waals surface area contributed by atoms with Crippen molar-refractivity contribution in [3.8, 4) is 0 Å².